The third-order valence-electron chi connectivity index (χ3n) is 6.73. The first-order chi connectivity index (χ1) is 14.4. The van der Waals surface area contributed by atoms with Gasteiger partial charge in [-0.3, -0.25) is 28.8 Å². The van der Waals surface area contributed by atoms with Crippen LogP contribution in [0.1, 0.15) is 56.6 Å². The number of benzene rings is 1. The van der Waals surface area contributed by atoms with E-state index in [-0.39, 0.29) is 23.9 Å². The normalized spacial score (nSPS) is 24.8. The Morgan fingerprint density at radius 2 is 1.87 bits per heavy atom. The number of para-hydroxylation sites is 1. The number of amides is 2. The number of aryl methyl sites for hydroxylation is 2. The predicted octanol–water partition coefficient (Wildman–Crippen LogP) is 2.14. The molecular weight excluding hydrogens is 386 g/mol. The topological polar surface area (TPSA) is 110 Å². The maximum atomic E-state index is 13.0. The fourth-order valence-corrected chi connectivity index (χ4v) is 5.01. The molecule has 1 saturated heterocycles. The first kappa shape index (κ1) is 20.4. The number of carboxylic acid groups (broad SMARTS) is 1. The lowest BCUT2D eigenvalue weighted by molar-refractivity contribution is -0.143. The van der Waals surface area contributed by atoms with Crippen molar-refractivity contribution in [3.8, 4) is 0 Å². The lowest BCUT2D eigenvalue weighted by Gasteiger charge is -2.26. The van der Waals surface area contributed by atoms with Gasteiger partial charge in [0.2, 0.25) is 11.8 Å². The van der Waals surface area contributed by atoms with Crippen molar-refractivity contribution in [2.45, 2.75) is 57.4 Å². The molecule has 1 aliphatic heterocycles. The lowest BCUT2D eigenvalue weighted by atomic mass is 9.79. The summed E-state index contributed by atoms with van der Waals surface area (Å²) in [5.74, 6) is -1.15. The van der Waals surface area contributed by atoms with Crippen LogP contribution in [0.5, 0.6) is 0 Å². The molecule has 30 heavy (non-hydrogen) atoms. The Morgan fingerprint density at radius 3 is 2.53 bits per heavy atom. The number of imidazole rings is 1. The Balaban J connectivity index is 1.57. The molecule has 1 aromatic carbocycles. The summed E-state index contributed by atoms with van der Waals surface area (Å²) in [6.07, 6.45) is 5.59. The highest BCUT2D eigenvalue weighted by Crippen LogP contribution is 2.33. The fraction of sp³-hybridized carbons (Fsp3) is 0.545. The second-order valence-corrected chi connectivity index (χ2v) is 8.56. The molecule has 8 heteroatoms. The standard InChI is InChI=1S/C22H27N3O5/c1-24-19-14(8-5-13-6-9-15(10-7-13)21(28)29)3-2-4-16(19)25(22(24)30)17-11-12-18(26)23-20(17)27/h2-4,13,15,17H,5-12H2,1H3,(H,28,29)(H,23,26,27). The first-order valence-electron chi connectivity index (χ1n) is 10.6. The number of aliphatic carboxylic acids is 1. The Bertz CT molecular complexity index is 1060. The van der Waals surface area contributed by atoms with Crippen LogP contribution in [0.4, 0.5) is 0 Å². The molecule has 2 aliphatic rings. The third kappa shape index (κ3) is 3.66. The van der Waals surface area contributed by atoms with Crippen molar-refractivity contribution in [1.29, 1.82) is 0 Å². The minimum Gasteiger partial charge on any atom is -0.481 e. The average Bonchev–Trinajstić information content (AvgIpc) is 2.98. The molecule has 8 nitrogen and oxygen atoms in total. The summed E-state index contributed by atoms with van der Waals surface area (Å²) >= 11 is 0. The van der Waals surface area contributed by atoms with Gasteiger partial charge < -0.3 is 5.11 Å². The van der Waals surface area contributed by atoms with E-state index in [4.69, 9.17) is 5.11 Å². The summed E-state index contributed by atoms with van der Waals surface area (Å²) in [7, 11) is 1.72. The van der Waals surface area contributed by atoms with Crippen LogP contribution in [-0.2, 0) is 27.9 Å². The SMILES string of the molecule is Cn1c(=O)n(C2CCC(=O)NC2=O)c2cccc(CCC3CCC(C(=O)O)CC3)c21. The number of nitrogens with zero attached hydrogens (tertiary/aromatic N) is 2. The molecule has 2 fully saturated rings. The summed E-state index contributed by atoms with van der Waals surface area (Å²) in [5, 5.41) is 11.5. The van der Waals surface area contributed by atoms with Crippen molar-refractivity contribution in [2.75, 3.05) is 0 Å². The molecule has 0 radical (unpaired) electrons. The van der Waals surface area contributed by atoms with E-state index in [0.29, 0.717) is 17.9 Å². The highest BCUT2D eigenvalue weighted by Gasteiger charge is 2.32. The summed E-state index contributed by atoms with van der Waals surface area (Å²) in [5.41, 5.74) is 2.34. The molecular formula is C22H27N3O5. The van der Waals surface area contributed by atoms with Gasteiger partial charge in [-0.05, 0) is 62.5 Å². The van der Waals surface area contributed by atoms with Crippen LogP contribution in [0.2, 0.25) is 0 Å². The Labute approximate surface area is 173 Å². The summed E-state index contributed by atoms with van der Waals surface area (Å²) in [4.78, 5) is 48.0. The molecule has 160 valence electrons. The second kappa shape index (κ2) is 8.08. The van der Waals surface area contributed by atoms with Gasteiger partial charge in [0, 0.05) is 13.5 Å². The maximum Gasteiger partial charge on any atom is 0.329 e. The molecule has 2 amide bonds. The van der Waals surface area contributed by atoms with Gasteiger partial charge in [0.25, 0.3) is 0 Å². The number of carbonyl (C=O) groups is 3. The molecule has 1 aromatic heterocycles. The van der Waals surface area contributed by atoms with Crippen molar-refractivity contribution in [1.82, 2.24) is 14.5 Å². The molecule has 1 unspecified atom stereocenters. The zero-order valence-corrected chi connectivity index (χ0v) is 17.1. The smallest absolute Gasteiger partial charge is 0.329 e. The van der Waals surface area contributed by atoms with Gasteiger partial charge in [-0.2, -0.15) is 0 Å². The van der Waals surface area contributed by atoms with Crippen molar-refractivity contribution < 1.29 is 19.5 Å². The largest absolute Gasteiger partial charge is 0.481 e. The van der Waals surface area contributed by atoms with Gasteiger partial charge in [0.05, 0.1) is 17.0 Å². The molecule has 0 spiro atoms. The number of rotatable bonds is 5. The second-order valence-electron chi connectivity index (χ2n) is 8.56. The van der Waals surface area contributed by atoms with Gasteiger partial charge in [-0.15, -0.1) is 0 Å². The van der Waals surface area contributed by atoms with Crippen LogP contribution in [-0.4, -0.2) is 32.0 Å². The minimum atomic E-state index is -0.692. The Morgan fingerprint density at radius 1 is 1.13 bits per heavy atom. The molecule has 2 aromatic rings. The summed E-state index contributed by atoms with van der Waals surface area (Å²) in [6, 6.07) is 5.09. The zero-order chi connectivity index (χ0) is 21.4. The van der Waals surface area contributed by atoms with E-state index in [9.17, 15) is 19.2 Å². The fourth-order valence-electron chi connectivity index (χ4n) is 5.01. The monoisotopic (exact) mass is 413 g/mol. The van der Waals surface area contributed by atoms with Crippen molar-refractivity contribution in [3.63, 3.8) is 0 Å². The van der Waals surface area contributed by atoms with Crippen LogP contribution in [0.3, 0.4) is 0 Å². The van der Waals surface area contributed by atoms with Crippen molar-refractivity contribution >= 4 is 28.8 Å². The van der Waals surface area contributed by atoms with E-state index in [1.807, 2.05) is 18.2 Å². The Kier molecular flexibility index (Phi) is 5.49. The number of carbonyl (C=O) groups excluding carboxylic acids is 2. The van der Waals surface area contributed by atoms with E-state index in [0.717, 1.165) is 49.6 Å². The lowest BCUT2D eigenvalue weighted by Crippen LogP contribution is -2.44. The predicted molar refractivity (Wildman–Crippen MR) is 110 cm³/mol. The maximum absolute atomic E-state index is 13.0. The van der Waals surface area contributed by atoms with Crippen LogP contribution in [0.15, 0.2) is 23.0 Å². The zero-order valence-electron chi connectivity index (χ0n) is 17.1. The van der Waals surface area contributed by atoms with Gasteiger partial charge in [-0.1, -0.05) is 12.1 Å². The van der Waals surface area contributed by atoms with Gasteiger partial charge in [-0.25, -0.2) is 4.79 Å². The van der Waals surface area contributed by atoms with Crippen molar-refractivity contribution in [3.05, 3.63) is 34.2 Å². The first-order valence-corrected chi connectivity index (χ1v) is 10.6. The number of carboxylic acids is 1. The molecule has 4 rings (SSSR count). The number of hydrogen-bond donors (Lipinski definition) is 2. The number of aromatic nitrogens is 2. The van der Waals surface area contributed by atoms with E-state index < -0.39 is 17.9 Å². The summed E-state index contributed by atoms with van der Waals surface area (Å²) < 4.78 is 3.11. The van der Waals surface area contributed by atoms with Gasteiger partial charge in [0.1, 0.15) is 6.04 Å². The highest BCUT2D eigenvalue weighted by molar-refractivity contribution is 6.00. The van der Waals surface area contributed by atoms with Gasteiger partial charge in [0.15, 0.2) is 0 Å². The van der Waals surface area contributed by atoms with E-state index in [2.05, 4.69) is 5.32 Å². The van der Waals surface area contributed by atoms with Crippen molar-refractivity contribution in [2.24, 2.45) is 18.9 Å². The molecule has 0 bridgehead atoms. The van der Waals surface area contributed by atoms with Crippen LogP contribution in [0, 0.1) is 11.8 Å². The van der Waals surface area contributed by atoms with Gasteiger partial charge >= 0.3 is 11.7 Å². The minimum absolute atomic E-state index is 0.215. The molecule has 2 N–H and O–H groups in total. The molecule has 1 aliphatic carbocycles. The number of fused-ring (bicyclic) bond motifs is 1. The third-order valence-corrected chi connectivity index (χ3v) is 6.73. The highest BCUT2D eigenvalue weighted by atomic mass is 16.4. The Hall–Kier alpha value is -2.90. The van der Waals surface area contributed by atoms with E-state index >= 15 is 0 Å². The molecule has 1 atom stereocenters. The van der Waals surface area contributed by atoms with E-state index in [1.54, 1.807) is 11.6 Å². The van der Waals surface area contributed by atoms with Crippen LogP contribution >= 0.6 is 0 Å². The molecule has 1 saturated carbocycles. The summed E-state index contributed by atoms with van der Waals surface area (Å²) in [6.45, 7) is 0. The quantitative estimate of drug-likeness (QED) is 0.730. The average molecular weight is 413 g/mol. The number of piperidine rings is 1. The number of nitrogens with one attached hydrogen (secondary N) is 1. The van der Waals surface area contributed by atoms with Crippen LogP contribution < -0.4 is 11.0 Å². The number of hydrogen-bond acceptors (Lipinski definition) is 4. The number of imide groups is 1. The van der Waals surface area contributed by atoms with E-state index in [1.165, 1.54) is 4.57 Å². The van der Waals surface area contributed by atoms with Crippen LogP contribution in [0.25, 0.3) is 11.0 Å². The molecule has 2 heterocycles.